The van der Waals surface area contributed by atoms with Crippen molar-refractivity contribution < 1.29 is 9.59 Å². The number of aromatic nitrogens is 3. The molecular formula is C20H20ClN5O2. The van der Waals surface area contributed by atoms with Gasteiger partial charge in [0.1, 0.15) is 6.04 Å². The highest BCUT2D eigenvalue weighted by atomic mass is 35.5. The zero-order chi connectivity index (χ0) is 20.1. The van der Waals surface area contributed by atoms with Gasteiger partial charge in [-0.25, -0.2) is 9.67 Å². The van der Waals surface area contributed by atoms with Crippen molar-refractivity contribution in [1.29, 1.82) is 0 Å². The zero-order valence-electron chi connectivity index (χ0n) is 15.5. The molecule has 0 saturated carbocycles. The highest BCUT2D eigenvalue weighted by molar-refractivity contribution is 6.30. The number of carbonyl (C=O) groups is 2. The van der Waals surface area contributed by atoms with Gasteiger partial charge in [0.25, 0.3) is 5.91 Å². The minimum absolute atomic E-state index is 0.104. The standard InChI is InChI=1S/C20H20ClN5O2/c1-13(2)18(25-19(27)14-4-6-15(21)7-5-14)20(28)24-16-8-9-17(22-12-16)26-11-3-10-23-26/h3-13,18H,1-2H3,(H,24,28)(H,25,27). The number of hydrogen-bond acceptors (Lipinski definition) is 4. The predicted molar refractivity (Wildman–Crippen MR) is 108 cm³/mol. The fourth-order valence-electron chi connectivity index (χ4n) is 2.58. The second-order valence-corrected chi connectivity index (χ2v) is 6.98. The summed E-state index contributed by atoms with van der Waals surface area (Å²) in [5.74, 6) is -0.115. The molecule has 2 N–H and O–H groups in total. The van der Waals surface area contributed by atoms with Crippen LogP contribution in [-0.2, 0) is 4.79 Å². The maximum absolute atomic E-state index is 12.7. The number of benzene rings is 1. The van der Waals surface area contributed by atoms with Crippen LogP contribution in [0.25, 0.3) is 5.82 Å². The van der Waals surface area contributed by atoms with Gasteiger partial charge in [0.05, 0.1) is 11.9 Å². The Balaban J connectivity index is 1.67. The molecule has 0 fully saturated rings. The molecule has 0 aliphatic heterocycles. The van der Waals surface area contributed by atoms with Crippen molar-refractivity contribution in [2.45, 2.75) is 19.9 Å². The summed E-state index contributed by atoms with van der Waals surface area (Å²) in [6.07, 6.45) is 4.99. The van der Waals surface area contributed by atoms with Crippen LogP contribution in [0.15, 0.2) is 61.1 Å². The smallest absolute Gasteiger partial charge is 0.251 e. The average molecular weight is 398 g/mol. The molecule has 3 rings (SSSR count). The molecule has 1 atom stereocenters. The molecule has 0 bridgehead atoms. The summed E-state index contributed by atoms with van der Waals surface area (Å²) in [7, 11) is 0. The summed E-state index contributed by atoms with van der Waals surface area (Å²) in [6.45, 7) is 3.73. The molecule has 3 aromatic rings. The molecule has 144 valence electrons. The van der Waals surface area contributed by atoms with Gasteiger partial charge in [0, 0.05) is 23.0 Å². The molecule has 0 radical (unpaired) electrons. The molecule has 2 heterocycles. The molecule has 0 saturated heterocycles. The second-order valence-electron chi connectivity index (χ2n) is 6.55. The maximum Gasteiger partial charge on any atom is 0.251 e. The van der Waals surface area contributed by atoms with E-state index in [1.807, 2.05) is 13.8 Å². The van der Waals surface area contributed by atoms with E-state index in [1.165, 1.54) is 0 Å². The minimum atomic E-state index is -0.700. The summed E-state index contributed by atoms with van der Waals surface area (Å²) in [4.78, 5) is 29.4. The van der Waals surface area contributed by atoms with Gasteiger partial charge in [0.15, 0.2) is 5.82 Å². The average Bonchev–Trinajstić information content (AvgIpc) is 3.21. The number of nitrogens with zero attached hydrogens (tertiary/aromatic N) is 3. The van der Waals surface area contributed by atoms with Crippen molar-refractivity contribution in [1.82, 2.24) is 20.1 Å². The van der Waals surface area contributed by atoms with Crippen molar-refractivity contribution in [2.24, 2.45) is 5.92 Å². The zero-order valence-corrected chi connectivity index (χ0v) is 16.2. The van der Waals surface area contributed by atoms with Gasteiger partial charge in [-0.05, 0) is 48.4 Å². The molecule has 0 spiro atoms. The van der Waals surface area contributed by atoms with E-state index in [2.05, 4.69) is 20.7 Å². The number of carbonyl (C=O) groups excluding carboxylic acids is 2. The van der Waals surface area contributed by atoms with Crippen LogP contribution in [-0.4, -0.2) is 32.6 Å². The molecule has 7 nitrogen and oxygen atoms in total. The predicted octanol–water partition coefficient (Wildman–Crippen LogP) is 3.31. The Morgan fingerprint density at radius 3 is 2.43 bits per heavy atom. The monoisotopic (exact) mass is 397 g/mol. The Bertz CT molecular complexity index is 938. The Morgan fingerprint density at radius 2 is 1.86 bits per heavy atom. The van der Waals surface area contributed by atoms with Crippen LogP contribution in [0.2, 0.25) is 5.02 Å². The number of pyridine rings is 1. The lowest BCUT2D eigenvalue weighted by atomic mass is 10.0. The Labute approximate surface area is 167 Å². The maximum atomic E-state index is 12.7. The molecule has 0 aliphatic carbocycles. The summed E-state index contributed by atoms with van der Waals surface area (Å²) in [6, 6.07) is 11.1. The molecule has 0 aliphatic rings. The molecule has 28 heavy (non-hydrogen) atoms. The van der Waals surface area contributed by atoms with Gasteiger partial charge >= 0.3 is 0 Å². The Kier molecular flexibility index (Phi) is 6.06. The lowest BCUT2D eigenvalue weighted by Gasteiger charge is -2.21. The molecule has 8 heteroatoms. The van der Waals surface area contributed by atoms with Gasteiger partial charge in [-0.3, -0.25) is 9.59 Å². The van der Waals surface area contributed by atoms with Crippen molar-refractivity contribution in [3.05, 3.63) is 71.6 Å². The third-order valence-corrected chi connectivity index (χ3v) is 4.35. The lowest BCUT2D eigenvalue weighted by molar-refractivity contribution is -0.118. The van der Waals surface area contributed by atoms with Gasteiger partial charge < -0.3 is 10.6 Å². The van der Waals surface area contributed by atoms with Crippen LogP contribution >= 0.6 is 11.6 Å². The van der Waals surface area contributed by atoms with Crippen LogP contribution in [0.3, 0.4) is 0 Å². The van der Waals surface area contributed by atoms with E-state index in [4.69, 9.17) is 11.6 Å². The summed E-state index contributed by atoms with van der Waals surface area (Å²) in [5, 5.41) is 10.2. The van der Waals surface area contributed by atoms with Gasteiger partial charge in [-0.2, -0.15) is 5.10 Å². The van der Waals surface area contributed by atoms with E-state index in [1.54, 1.807) is 65.7 Å². The highest BCUT2D eigenvalue weighted by Crippen LogP contribution is 2.13. The fourth-order valence-corrected chi connectivity index (χ4v) is 2.71. The SMILES string of the molecule is CC(C)C(NC(=O)c1ccc(Cl)cc1)C(=O)Nc1ccc(-n2cccn2)nc1. The van der Waals surface area contributed by atoms with Crippen molar-refractivity contribution >= 4 is 29.1 Å². The molecular weight excluding hydrogens is 378 g/mol. The summed E-state index contributed by atoms with van der Waals surface area (Å²) >= 11 is 5.85. The number of halogens is 1. The van der Waals surface area contributed by atoms with E-state index in [0.29, 0.717) is 22.1 Å². The van der Waals surface area contributed by atoms with Crippen LogP contribution in [0.1, 0.15) is 24.2 Å². The largest absolute Gasteiger partial charge is 0.340 e. The van der Waals surface area contributed by atoms with Crippen LogP contribution in [0, 0.1) is 5.92 Å². The van der Waals surface area contributed by atoms with E-state index >= 15 is 0 Å². The Hall–Kier alpha value is -3.19. The number of rotatable bonds is 6. The fraction of sp³-hybridized carbons (Fsp3) is 0.200. The first-order valence-electron chi connectivity index (χ1n) is 8.77. The third-order valence-electron chi connectivity index (χ3n) is 4.10. The Morgan fingerprint density at radius 1 is 1.11 bits per heavy atom. The number of anilines is 1. The minimum Gasteiger partial charge on any atom is -0.340 e. The van der Waals surface area contributed by atoms with E-state index < -0.39 is 6.04 Å². The van der Waals surface area contributed by atoms with Crippen LogP contribution < -0.4 is 10.6 Å². The normalized spacial score (nSPS) is 11.9. The van der Waals surface area contributed by atoms with Gasteiger partial charge in [0.2, 0.25) is 5.91 Å². The van der Waals surface area contributed by atoms with E-state index in [0.717, 1.165) is 0 Å². The molecule has 1 unspecified atom stereocenters. The quantitative estimate of drug-likeness (QED) is 0.667. The highest BCUT2D eigenvalue weighted by Gasteiger charge is 2.25. The number of hydrogen-bond donors (Lipinski definition) is 2. The third kappa shape index (κ3) is 4.75. The number of nitrogens with one attached hydrogen (secondary N) is 2. The van der Waals surface area contributed by atoms with Crippen molar-refractivity contribution in [3.63, 3.8) is 0 Å². The summed E-state index contributed by atoms with van der Waals surface area (Å²) < 4.78 is 1.62. The first kappa shape index (κ1) is 19.6. The van der Waals surface area contributed by atoms with Crippen molar-refractivity contribution in [2.75, 3.05) is 5.32 Å². The summed E-state index contributed by atoms with van der Waals surface area (Å²) in [5.41, 5.74) is 0.973. The second kappa shape index (κ2) is 8.67. The topological polar surface area (TPSA) is 88.9 Å². The molecule has 2 amide bonds. The van der Waals surface area contributed by atoms with Crippen LogP contribution in [0.5, 0.6) is 0 Å². The molecule has 1 aromatic carbocycles. The number of amides is 2. The van der Waals surface area contributed by atoms with Gasteiger partial charge in [-0.15, -0.1) is 0 Å². The lowest BCUT2D eigenvalue weighted by Crippen LogP contribution is -2.47. The van der Waals surface area contributed by atoms with E-state index in [9.17, 15) is 9.59 Å². The van der Waals surface area contributed by atoms with Gasteiger partial charge in [-0.1, -0.05) is 25.4 Å². The van der Waals surface area contributed by atoms with Crippen molar-refractivity contribution in [3.8, 4) is 5.82 Å². The van der Waals surface area contributed by atoms with E-state index in [-0.39, 0.29) is 17.7 Å². The molecule has 2 aromatic heterocycles. The van der Waals surface area contributed by atoms with Crippen LogP contribution in [0.4, 0.5) is 5.69 Å². The first-order valence-corrected chi connectivity index (χ1v) is 9.15. The first-order chi connectivity index (χ1) is 13.4.